The SMILES string of the molecule is CC(=O)N[C@@]1(NC(=O)Cc2ccccc2)C(=O)N2C(C(=O)OC(c3ccccc3)c3ccccc3)C(C)(Br)CS[C@H]21. The molecule has 0 spiro atoms. The molecule has 2 heterocycles. The Balaban J connectivity index is 1.43. The van der Waals surface area contributed by atoms with Crippen LogP contribution >= 0.6 is 27.7 Å². The van der Waals surface area contributed by atoms with Crippen molar-refractivity contribution >= 4 is 51.4 Å². The highest BCUT2D eigenvalue weighted by Crippen LogP contribution is 2.50. The second kappa shape index (κ2) is 11.7. The average Bonchev–Trinajstić information content (AvgIpc) is 2.95. The molecule has 10 heteroatoms. The molecule has 0 saturated carbocycles. The molecule has 2 fully saturated rings. The number of carbonyl (C=O) groups is 4. The van der Waals surface area contributed by atoms with Gasteiger partial charge in [0.25, 0.3) is 5.91 Å². The summed E-state index contributed by atoms with van der Waals surface area (Å²) < 4.78 is 5.34. The molecule has 4 atom stereocenters. The second-order valence-corrected chi connectivity index (χ2v) is 13.3. The molecule has 0 bridgehead atoms. The van der Waals surface area contributed by atoms with E-state index >= 15 is 0 Å². The van der Waals surface area contributed by atoms with Gasteiger partial charge >= 0.3 is 5.97 Å². The number of amides is 3. The van der Waals surface area contributed by atoms with Crippen LogP contribution in [0, 0.1) is 0 Å². The summed E-state index contributed by atoms with van der Waals surface area (Å²) in [6, 6.07) is 26.9. The van der Waals surface area contributed by atoms with E-state index in [0.717, 1.165) is 16.7 Å². The summed E-state index contributed by atoms with van der Waals surface area (Å²) in [5, 5.41) is 4.76. The fourth-order valence-corrected chi connectivity index (χ4v) is 7.63. The van der Waals surface area contributed by atoms with E-state index in [1.54, 1.807) is 0 Å². The number of nitrogens with zero attached hydrogens (tertiary/aromatic N) is 1. The van der Waals surface area contributed by atoms with E-state index < -0.39 is 51.2 Å². The van der Waals surface area contributed by atoms with Gasteiger partial charge in [0.2, 0.25) is 17.5 Å². The van der Waals surface area contributed by atoms with Crippen LogP contribution in [0.4, 0.5) is 0 Å². The molecule has 2 saturated heterocycles. The van der Waals surface area contributed by atoms with Crippen LogP contribution in [0.3, 0.4) is 0 Å². The molecule has 41 heavy (non-hydrogen) atoms. The predicted molar refractivity (Wildman–Crippen MR) is 160 cm³/mol. The van der Waals surface area contributed by atoms with Crippen molar-refractivity contribution < 1.29 is 23.9 Å². The molecule has 8 nitrogen and oxygen atoms in total. The minimum atomic E-state index is -1.68. The van der Waals surface area contributed by atoms with Gasteiger partial charge in [0.1, 0.15) is 11.4 Å². The van der Waals surface area contributed by atoms with E-state index in [0.29, 0.717) is 5.75 Å². The zero-order valence-electron chi connectivity index (χ0n) is 22.6. The zero-order valence-corrected chi connectivity index (χ0v) is 25.0. The number of hydrogen-bond acceptors (Lipinski definition) is 6. The highest BCUT2D eigenvalue weighted by atomic mass is 79.9. The summed E-state index contributed by atoms with van der Waals surface area (Å²) in [6.07, 6.45) is -0.659. The fraction of sp³-hybridized carbons (Fsp3) is 0.290. The maximum absolute atomic E-state index is 14.0. The van der Waals surface area contributed by atoms with Crippen LogP contribution in [0.25, 0.3) is 0 Å². The van der Waals surface area contributed by atoms with Gasteiger partial charge in [-0.1, -0.05) is 107 Å². The number of benzene rings is 3. The number of rotatable bonds is 8. The molecular formula is C31H30BrN3O5S. The number of carbonyl (C=O) groups excluding carboxylic acids is 4. The molecule has 0 aromatic heterocycles. The number of thioether (sulfide) groups is 1. The largest absolute Gasteiger partial charge is 0.451 e. The summed E-state index contributed by atoms with van der Waals surface area (Å²) >= 11 is 5.06. The van der Waals surface area contributed by atoms with Crippen molar-refractivity contribution in [1.29, 1.82) is 0 Å². The Morgan fingerprint density at radius 3 is 2.02 bits per heavy atom. The number of β-lactam (4-membered cyclic amide) rings is 1. The Bertz CT molecular complexity index is 1400. The molecule has 3 amide bonds. The van der Waals surface area contributed by atoms with Gasteiger partial charge in [-0.05, 0) is 23.6 Å². The lowest BCUT2D eigenvalue weighted by molar-refractivity contribution is -0.179. The zero-order chi connectivity index (χ0) is 29.2. The maximum atomic E-state index is 14.0. The van der Waals surface area contributed by atoms with Crippen molar-refractivity contribution in [2.75, 3.05) is 5.75 Å². The molecule has 5 rings (SSSR count). The standard InChI is InChI=1S/C31H30BrN3O5S/c1-20(36)33-31(34-24(37)18-21-12-6-3-7-13-21)28(39)35-26(30(2,32)19-41-29(31)35)27(38)40-25(22-14-8-4-9-15-22)23-16-10-5-11-17-23/h3-17,25-26,29H,18-19H2,1-2H3,(H,33,36)(H,34,37)/t26?,29-,30?,31+/m0/s1. The number of alkyl halides is 1. The van der Waals surface area contributed by atoms with Crippen molar-refractivity contribution in [3.8, 4) is 0 Å². The van der Waals surface area contributed by atoms with Gasteiger partial charge < -0.3 is 20.3 Å². The fourth-order valence-electron chi connectivity index (χ4n) is 5.34. The van der Waals surface area contributed by atoms with E-state index in [1.165, 1.54) is 23.6 Å². The lowest BCUT2D eigenvalue weighted by Crippen LogP contribution is -2.89. The van der Waals surface area contributed by atoms with Gasteiger partial charge in [-0.3, -0.25) is 14.4 Å². The second-order valence-electron chi connectivity index (χ2n) is 10.4. The first kappa shape index (κ1) is 28.9. The highest BCUT2D eigenvalue weighted by molar-refractivity contribution is 9.10. The smallest absolute Gasteiger partial charge is 0.331 e. The van der Waals surface area contributed by atoms with Crippen LogP contribution in [0.15, 0.2) is 91.0 Å². The van der Waals surface area contributed by atoms with Gasteiger partial charge in [-0.2, -0.15) is 0 Å². The van der Waals surface area contributed by atoms with Gasteiger partial charge in [-0.15, -0.1) is 11.8 Å². The average molecular weight is 637 g/mol. The minimum Gasteiger partial charge on any atom is -0.451 e. The van der Waals surface area contributed by atoms with Crippen molar-refractivity contribution in [2.45, 2.75) is 47.8 Å². The van der Waals surface area contributed by atoms with Crippen LogP contribution < -0.4 is 10.6 Å². The summed E-state index contributed by atoms with van der Waals surface area (Å²) in [4.78, 5) is 54.7. The van der Waals surface area contributed by atoms with Crippen molar-refractivity contribution in [2.24, 2.45) is 0 Å². The Hall–Kier alpha value is -3.63. The molecular weight excluding hydrogens is 606 g/mol. The van der Waals surface area contributed by atoms with Crippen molar-refractivity contribution in [3.05, 3.63) is 108 Å². The number of hydrogen-bond donors (Lipinski definition) is 2. The van der Waals surface area contributed by atoms with E-state index in [-0.39, 0.29) is 6.42 Å². The Morgan fingerprint density at radius 2 is 1.49 bits per heavy atom. The molecule has 2 unspecified atom stereocenters. The highest BCUT2D eigenvalue weighted by Gasteiger charge is 2.70. The van der Waals surface area contributed by atoms with Gasteiger partial charge in [0.05, 0.1) is 10.7 Å². The van der Waals surface area contributed by atoms with Crippen LogP contribution in [-0.4, -0.2) is 55.7 Å². The molecule has 0 radical (unpaired) electrons. The minimum absolute atomic E-state index is 0.0320. The van der Waals surface area contributed by atoms with Crippen LogP contribution in [-0.2, 0) is 30.3 Å². The van der Waals surface area contributed by atoms with Gasteiger partial charge in [-0.25, -0.2) is 4.79 Å². The Labute approximate surface area is 251 Å². The van der Waals surface area contributed by atoms with Crippen molar-refractivity contribution in [3.63, 3.8) is 0 Å². The third-order valence-electron chi connectivity index (χ3n) is 7.15. The molecule has 212 valence electrons. The monoisotopic (exact) mass is 635 g/mol. The van der Waals surface area contributed by atoms with E-state index in [1.807, 2.05) is 97.9 Å². The third kappa shape index (κ3) is 5.76. The molecule has 2 N–H and O–H groups in total. The summed E-state index contributed by atoms with van der Waals surface area (Å²) in [5.74, 6) is -1.64. The van der Waals surface area contributed by atoms with Crippen LogP contribution in [0.1, 0.15) is 36.6 Å². The van der Waals surface area contributed by atoms with E-state index in [2.05, 4.69) is 26.6 Å². The normalized spacial score (nSPS) is 25.1. The molecule has 2 aliphatic heterocycles. The Kier molecular flexibility index (Phi) is 8.24. The summed E-state index contributed by atoms with van der Waals surface area (Å²) in [7, 11) is 0. The number of ether oxygens (including phenoxy) is 1. The van der Waals surface area contributed by atoms with E-state index in [4.69, 9.17) is 4.74 Å². The van der Waals surface area contributed by atoms with Crippen LogP contribution in [0.5, 0.6) is 0 Å². The topological polar surface area (TPSA) is 105 Å². The number of esters is 1. The van der Waals surface area contributed by atoms with E-state index in [9.17, 15) is 19.2 Å². The van der Waals surface area contributed by atoms with Crippen molar-refractivity contribution in [1.82, 2.24) is 15.5 Å². The lowest BCUT2D eigenvalue weighted by Gasteiger charge is -2.61. The van der Waals surface area contributed by atoms with Crippen LogP contribution in [0.2, 0.25) is 0 Å². The molecule has 0 aliphatic carbocycles. The third-order valence-corrected chi connectivity index (χ3v) is 9.89. The molecule has 2 aliphatic rings. The number of halogens is 1. The summed E-state index contributed by atoms with van der Waals surface area (Å²) in [5.41, 5.74) is 0.676. The first-order valence-corrected chi connectivity index (χ1v) is 15.0. The van der Waals surface area contributed by atoms with Gasteiger partial charge in [0.15, 0.2) is 6.10 Å². The first-order chi connectivity index (χ1) is 19.6. The summed E-state index contributed by atoms with van der Waals surface area (Å²) in [6.45, 7) is 3.13. The predicted octanol–water partition coefficient (Wildman–Crippen LogP) is 3.95. The lowest BCUT2D eigenvalue weighted by atomic mass is 9.89. The number of fused-ring (bicyclic) bond motifs is 1. The Morgan fingerprint density at radius 1 is 0.951 bits per heavy atom. The molecule has 3 aromatic carbocycles. The quantitative estimate of drug-likeness (QED) is 0.168. The molecule has 3 aromatic rings. The maximum Gasteiger partial charge on any atom is 0.331 e. The number of nitrogens with one attached hydrogen (secondary N) is 2. The first-order valence-electron chi connectivity index (χ1n) is 13.2. The van der Waals surface area contributed by atoms with Gasteiger partial charge in [0, 0.05) is 12.7 Å².